The van der Waals surface area contributed by atoms with Crippen LogP contribution in [0.25, 0.3) is 11.0 Å². The number of benzene rings is 2. The average Bonchev–Trinajstić information content (AvgIpc) is 3.00. The molecule has 1 aliphatic rings. The topological polar surface area (TPSA) is 107 Å². The van der Waals surface area contributed by atoms with Crippen LogP contribution in [-0.4, -0.2) is 35.6 Å². The van der Waals surface area contributed by atoms with Gasteiger partial charge in [-0.25, -0.2) is 18.4 Å². The lowest BCUT2D eigenvalue weighted by Crippen LogP contribution is -2.52. The molecule has 1 unspecified atom stereocenters. The van der Waals surface area contributed by atoms with E-state index in [1.807, 2.05) is 24.3 Å². The van der Waals surface area contributed by atoms with Crippen LogP contribution in [0, 0.1) is 0 Å². The first kappa shape index (κ1) is 15.6. The Hall–Kier alpha value is -2.91. The molecule has 0 aliphatic carbocycles. The maximum atomic E-state index is 12.8. The molecule has 1 amide bonds. The summed E-state index contributed by atoms with van der Waals surface area (Å²) >= 11 is 0. The maximum absolute atomic E-state index is 12.8. The predicted molar refractivity (Wildman–Crippen MR) is 93.0 cm³/mol. The van der Waals surface area contributed by atoms with Gasteiger partial charge < -0.3 is 10.3 Å². The van der Waals surface area contributed by atoms with Crippen LogP contribution < -0.4 is 10.1 Å². The molecular formula is C16H15N5O3S. The highest BCUT2D eigenvalue weighted by Gasteiger charge is 2.36. The van der Waals surface area contributed by atoms with Crippen molar-refractivity contribution in [2.24, 2.45) is 0 Å². The fraction of sp³-hybridized carbons (Fsp3) is 0.125. The van der Waals surface area contributed by atoms with Gasteiger partial charge >= 0.3 is 0 Å². The largest absolute Gasteiger partial charge is 0.357 e. The lowest BCUT2D eigenvalue weighted by Gasteiger charge is -2.35. The van der Waals surface area contributed by atoms with Crippen molar-refractivity contribution in [1.82, 2.24) is 19.8 Å². The minimum atomic E-state index is -3.66. The lowest BCUT2D eigenvalue weighted by atomic mass is 10.1. The summed E-state index contributed by atoms with van der Waals surface area (Å²) in [6.07, 6.45) is 0.195. The molecule has 0 bridgehead atoms. The molecule has 1 aromatic heterocycles. The average molecular weight is 357 g/mol. The molecule has 1 aliphatic heterocycles. The van der Waals surface area contributed by atoms with Crippen molar-refractivity contribution in [2.45, 2.75) is 6.17 Å². The number of anilines is 1. The summed E-state index contributed by atoms with van der Waals surface area (Å²) in [5.41, 5.74) is 2.52. The van der Waals surface area contributed by atoms with Gasteiger partial charge in [0, 0.05) is 5.69 Å². The molecule has 0 saturated heterocycles. The summed E-state index contributed by atoms with van der Waals surface area (Å²) in [6, 6.07) is 14.3. The van der Waals surface area contributed by atoms with Crippen molar-refractivity contribution in [2.75, 3.05) is 11.6 Å². The van der Waals surface area contributed by atoms with Crippen LogP contribution in [0.15, 0.2) is 48.5 Å². The molecule has 0 fully saturated rings. The second-order valence-corrected chi connectivity index (χ2v) is 7.50. The highest BCUT2D eigenvalue weighted by Crippen LogP contribution is 2.31. The van der Waals surface area contributed by atoms with Crippen molar-refractivity contribution >= 4 is 32.7 Å². The number of nitrogens with one attached hydrogen (secondary N) is 3. The Balaban J connectivity index is 1.84. The Morgan fingerprint density at radius 3 is 2.60 bits per heavy atom. The lowest BCUT2D eigenvalue weighted by molar-refractivity contribution is 0.0626. The van der Waals surface area contributed by atoms with E-state index in [1.54, 1.807) is 24.3 Å². The van der Waals surface area contributed by atoms with E-state index in [0.29, 0.717) is 17.1 Å². The van der Waals surface area contributed by atoms with E-state index in [1.165, 1.54) is 0 Å². The minimum Gasteiger partial charge on any atom is -0.357 e. The Labute approximate surface area is 143 Å². The normalized spacial score (nSPS) is 17.4. The van der Waals surface area contributed by atoms with Crippen molar-refractivity contribution in [3.8, 4) is 0 Å². The van der Waals surface area contributed by atoms with E-state index >= 15 is 0 Å². The quantitative estimate of drug-likeness (QED) is 0.660. The molecule has 2 heterocycles. The van der Waals surface area contributed by atoms with Gasteiger partial charge in [-0.15, -0.1) is 4.83 Å². The Kier molecular flexibility index (Phi) is 3.48. The molecule has 0 spiro atoms. The summed E-state index contributed by atoms with van der Waals surface area (Å²) in [4.78, 5) is 22.7. The molecule has 9 heteroatoms. The highest BCUT2D eigenvalue weighted by atomic mass is 32.2. The molecule has 1 atom stereocenters. The number of carbonyl (C=O) groups excluding carboxylic acids is 1. The molecule has 8 nitrogen and oxygen atoms in total. The fourth-order valence-corrected chi connectivity index (χ4v) is 3.37. The molecule has 2 aromatic carbocycles. The van der Waals surface area contributed by atoms with Gasteiger partial charge in [0.1, 0.15) is 0 Å². The fourth-order valence-electron chi connectivity index (χ4n) is 2.82. The first-order chi connectivity index (χ1) is 11.9. The summed E-state index contributed by atoms with van der Waals surface area (Å²) < 4.78 is 23.5. The molecule has 3 aromatic rings. The number of para-hydroxylation sites is 3. The predicted octanol–water partition coefficient (Wildman–Crippen LogP) is 1.59. The highest BCUT2D eigenvalue weighted by molar-refractivity contribution is 7.88. The number of rotatable bonds is 3. The number of sulfonamides is 1. The van der Waals surface area contributed by atoms with Crippen molar-refractivity contribution in [3.05, 3.63) is 59.9 Å². The van der Waals surface area contributed by atoms with Gasteiger partial charge in [0.2, 0.25) is 10.0 Å². The number of hydrogen-bond acceptors (Lipinski definition) is 5. The summed E-state index contributed by atoms with van der Waals surface area (Å²) in [7, 11) is -3.66. The van der Waals surface area contributed by atoms with Gasteiger partial charge in [0.05, 0.1) is 22.9 Å². The maximum Gasteiger partial charge on any atom is 0.273 e. The Morgan fingerprint density at radius 2 is 1.84 bits per heavy atom. The van der Waals surface area contributed by atoms with E-state index in [4.69, 9.17) is 0 Å². The summed E-state index contributed by atoms with van der Waals surface area (Å²) in [5.74, 6) is -0.0227. The third-order valence-corrected chi connectivity index (χ3v) is 4.39. The number of hydrogen-bond donors (Lipinski definition) is 3. The number of carbonyl (C=O) groups is 1. The van der Waals surface area contributed by atoms with Gasteiger partial charge in [-0.1, -0.05) is 24.3 Å². The van der Waals surface area contributed by atoms with Crippen LogP contribution in [0.3, 0.4) is 0 Å². The monoisotopic (exact) mass is 357 g/mol. The van der Waals surface area contributed by atoms with Crippen LogP contribution >= 0.6 is 0 Å². The zero-order valence-electron chi connectivity index (χ0n) is 13.2. The Morgan fingerprint density at radius 1 is 1.12 bits per heavy atom. The Bertz CT molecular complexity index is 1040. The van der Waals surface area contributed by atoms with Crippen LogP contribution in [0.1, 0.15) is 22.3 Å². The molecule has 4 rings (SSSR count). The smallest absolute Gasteiger partial charge is 0.273 e. The number of amides is 1. The summed E-state index contributed by atoms with van der Waals surface area (Å²) in [5, 5.41) is 4.20. The van der Waals surface area contributed by atoms with Gasteiger partial charge in [-0.3, -0.25) is 4.79 Å². The van der Waals surface area contributed by atoms with Gasteiger partial charge in [-0.2, -0.15) is 0 Å². The first-order valence-corrected chi connectivity index (χ1v) is 9.43. The van der Waals surface area contributed by atoms with Gasteiger partial charge in [-0.05, 0) is 24.3 Å². The number of aromatic amines is 1. The van der Waals surface area contributed by atoms with Gasteiger partial charge in [0.25, 0.3) is 5.91 Å². The van der Waals surface area contributed by atoms with E-state index in [2.05, 4.69) is 20.1 Å². The molecule has 128 valence electrons. The van der Waals surface area contributed by atoms with Crippen LogP contribution in [0.2, 0.25) is 0 Å². The van der Waals surface area contributed by atoms with E-state index < -0.39 is 22.1 Å². The number of fused-ring (bicyclic) bond motifs is 2. The van der Waals surface area contributed by atoms with Crippen LogP contribution in [0.4, 0.5) is 5.69 Å². The number of H-pyrrole nitrogens is 1. The van der Waals surface area contributed by atoms with Crippen molar-refractivity contribution in [1.29, 1.82) is 0 Å². The molecular weight excluding hydrogens is 342 g/mol. The molecule has 25 heavy (non-hydrogen) atoms. The molecule has 3 N–H and O–H groups in total. The third kappa shape index (κ3) is 2.83. The SMILES string of the molecule is CS(=O)(=O)NN1C(=O)c2ccccc2NC1c1nc2ccccc2[nH]1. The van der Waals surface area contributed by atoms with Crippen molar-refractivity contribution < 1.29 is 13.2 Å². The second kappa shape index (κ2) is 5.57. The number of aromatic nitrogens is 2. The van der Waals surface area contributed by atoms with E-state index in [0.717, 1.165) is 22.3 Å². The number of hydrazine groups is 1. The zero-order valence-corrected chi connectivity index (χ0v) is 14.0. The van der Waals surface area contributed by atoms with E-state index in [-0.39, 0.29) is 0 Å². The minimum absolute atomic E-state index is 0.381. The number of nitrogens with zero attached hydrogens (tertiary/aromatic N) is 2. The van der Waals surface area contributed by atoms with Crippen LogP contribution in [0.5, 0.6) is 0 Å². The van der Waals surface area contributed by atoms with Crippen molar-refractivity contribution in [3.63, 3.8) is 0 Å². The van der Waals surface area contributed by atoms with Crippen LogP contribution in [-0.2, 0) is 10.0 Å². The van der Waals surface area contributed by atoms with Gasteiger partial charge in [0.15, 0.2) is 12.0 Å². The van der Waals surface area contributed by atoms with E-state index in [9.17, 15) is 13.2 Å². The zero-order chi connectivity index (χ0) is 17.6. The first-order valence-electron chi connectivity index (χ1n) is 7.53. The molecule has 0 radical (unpaired) electrons. The standard InChI is InChI=1S/C16H15N5O3S/c1-25(23,24)20-21-15(14-17-12-8-4-5-9-13(12)18-14)19-11-7-3-2-6-10(11)16(21)22/h2-9,15,19-20H,1H3,(H,17,18). The summed E-state index contributed by atoms with van der Waals surface area (Å²) in [6.45, 7) is 0. The molecule has 0 saturated carbocycles. The second-order valence-electron chi connectivity index (χ2n) is 5.77. The number of imidazole rings is 1. The third-order valence-electron chi connectivity index (χ3n) is 3.86.